The first-order valence-corrected chi connectivity index (χ1v) is 13.9. The number of alkyl halides is 1. The van der Waals surface area contributed by atoms with Gasteiger partial charge in [-0.15, -0.1) is 5.10 Å². The van der Waals surface area contributed by atoms with E-state index in [4.69, 9.17) is 0 Å². The van der Waals surface area contributed by atoms with Crippen LogP contribution < -0.4 is 0 Å². The highest BCUT2D eigenvalue weighted by molar-refractivity contribution is 9.08. The van der Waals surface area contributed by atoms with Crippen molar-refractivity contribution in [2.45, 2.75) is 18.4 Å². The van der Waals surface area contributed by atoms with Crippen molar-refractivity contribution in [3.8, 4) is 0 Å². The average Bonchev–Trinajstić information content (AvgIpc) is 3.89. The quantitative estimate of drug-likeness (QED) is 0.187. The molecule has 0 aliphatic rings. The number of hydrogen-bond acceptors (Lipinski definition) is 9. The van der Waals surface area contributed by atoms with Gasteiger partial charge in [-0.1, -0.05) is 93.9 Å². The maximum absolute atomic E-state index is 10.4. The normalized spacial score (nSPS) is 9.60. The van der Waals surface area contributed by atoms with Gasteiger partial charge in [0.2, 0.25) is 0 Å². The predicted molar refractivity (Wildman–Crippen MR) is 163 cm³/mol. The topological polar surface area (TPSA) is 154 Å². The molecule has 3 heterocycles. The number of aldehydes is 3. The van der Waals surface area contributed by atoms with Crippen LogP contribution in [-0.4, -0.2) is 64.3 Å². The standard InChI is InChI=1S/2C10H9N3O.C8H7BrO.C2H3N3/c14-8-10-3-1-9(2-4-10)7-13-6-5-11-12-13;14-8-10-3-1-9(2-4-10)7-13-11-5-6-12-13;9-5-7-1-3-8(6-10)4-2-7;1-2-4-5-3-1/h2*1-6,8H,7H2;1-4,6H,5H2;1-2H,(H,3,4,5). The van der Waals surface area contributed by atoms with Crippen LogP contribution >= 0.6 is 15.9 Å². The molecule has 0 atom stereocenters. The van der Waals surface area contributed by atoms with E-state index in [1.165, 1.54) is 5.56 Å². The first-order chi connectivity index (χ1) is 21.1. The summed E-state index contributed by atoms with van der Waals surface area (Å²) in [6, 6.07) is 22.2. The second kappa shape index (κ2) is 18.8. The molecule has 0 aliphatic heterocycles. The zero-order chi connectivity index (χ0) is 30.5. The van der Waals surface area contributed by atoms with Gasteiger partial charge in [-0.3, -0.25) is 14.4 Å². The van der Waals surface area contributed by atoms with E-state index in [0.717, 1.165) is 40.9 Å². The first-order valence-electron chi connectivity index (χ1n) is 12.8. The van der Waals surface area contributed by atoms with Gasteiger partial charge in [0.1, 0.15) is 18.9 Å². The number of aromatic amines is 1. The Kier molecular flexibility index (Phi) is 14.1. The van der Waals surface area contributed by atoms with Crippen LogP contribution in [0.25, 0.3) is 0 Å². The maximum Gasteiger partial charge on any atom is 0.150 e. The molecular formula is C30H28BrN9O3. The summed E-state index contributed by atoms with van der Waals surface area (Å²) >= 11 is 3.32. The Hall–Kier alpha value is -5.43. The smallest absolute Gasteiger partial charge is 0.150 e. The van der Waals surface area contributed by atoms with E-state index in [-0.39, 0.29) is 0 Å². The molecule has 0 saturated carbocycles. The highest BCUT2D eigenvalue weighted by atomic mass is 79.9. The molecule has 0 fully saturated rings. The van der Waals surface area contributed by atoms with Gasteiger partial charge in [0.15, 0.2) is 0 Å². The molecule has 43 heavy (non-hydrogen) atoms. The average molecular weight is 643 g/mol. The first kappa shape index (κ1) is 32.1. The van der Waals surface area contributed by atoms with Crippen LogP contribution in [0.3, 0.4) is 0 Å². The molecule has 3 aromatic heterocycles. The fourth-order valence-corrected chi connectivity index (χ4v) is 3.62. The number of nitrogens with zero attached hydrogens (tertiary/aromatic N) is 8. The molecule has 6 rings (SSSR count). The molecule has 0 bridgehead atoms. The zero-order valence-electron chi connectivity index (χ0n) is 22.9. The number of rotatable bonds is 8. The molecule has 3 aromatic carbocycles. The molecular weight excluding hydrogens is 614 g/mol. The third-order valence-corrected chi connectivity index (χ3v) is 6.09. The molecule has 6 aromatic rings. The van der Waals surface area contributed by atoms with Crippen LogP contribution in [0.15, 0.2) is 110 Å². The minimum atomic E-state index is 0.631. The summed E-state index contributed by atoms with van der Waals surface area (Å²) in [7, 11) is 0. The highest BCUT2D eigenvalue weighted by Gasteiger charge is 1.97. The third-order valence-electron chi connectivity index (χ3n) is 5.44. The van der Waals surface area contributed by atoms with Crippen molar-refractivity contribution in [3.63, 3.8) is 0 Å². The van der Waals surface area contributed by atoms with Crippen molar-refractivity contribution >= 4 is 34.8 Å². The summed E-state index contributed by atoms with van der Waals surface area (Å²) in [5.74, 6) is 0. The van der Waals surface area contributed by atoms with E-state index < -0.39 is 0 Å². The van der Waals surface area contributed by atoms with Crippen molar-refractivity contribution in [2.75, 3.05) is 0 Å². The Balaban J connectivity index is 0.000000165. The largest absolute Gasteiger partial charge is 0.298 e. The molecule has 218 valence electrons. The SMILES string of the molecule is O=Cc1ccc(CBr)cc1.O=Cc1ccc(Cn2ccnn2)cc1.O=Cc1ccc(Cn2nccn2)cc1.c1cn[nH]n1. The molecule has 1 N–H and O–H groups in total. The van der Waals surface area contributed by atoms with Gasteiger partial charge in [-0.25, -0.2) is 4.68 Å². The minimum Gasteiger partial charge on any atom is -0.298 e. The van der Waals surface area contributed by atoms with Crippen molar-refractivity contribution in [1.29, 1.82) is 0 Å². The third kappa shape index (κ3) is 12.3. The molecule has 0 amide bonds. The number of benzene rings is 3. The van der Waals surface area contributed by atoms with Gasteiger partial charge in [-0.2, -0.15) is 30.4 Å². The molecule has 0 unspecified atom stereocenters. The van der Waals surface area contributed by atoms with E-state index >= 15 is 0 Å². The van der Waals surface area contributed by atoms with Crippen LogP contribution in [-0.2, 0) is 18.4 Å². The van der Waals surface area contributed by atoms with E-state index in [1.54, 1.807) is 70.9 Å². The Morgan fingerprint density at radius 1 is 0.605 bits per heavy atom. The molecule has 0 radical (unpaired) electrons. The number of nitrogens with one attached hydrogen (secondary N) is 1. The van der Waals surface area contributed by atoms with Crippen molar-refractivity contribution in [3.05, 3.63) is 143 Å². The lowest BCUT2D eigenvalue weighted by Gasteiger charge is -2.00. The van der Waals surface area contributed by atoms with Crippen LogP contribution in [0, 0.1) is 0 Å². The number of carbonyl (C=O) groups is 3. The summed E-state index contributed by atoms with van der Waals surface area (Å²) in [6.07, 6.45) is 12.4. The van der Waals surface area contributed by atoms with Crippen LogP contribution in [0.5, 0.6) is 0 Å². The molecule has 12 nitrogen and oxygen atoms in total. The van der Waals surface area contributed by atoms with Crippen LogP contribution in [0.2, 0.25) is 0 Å². The number of carbonyl (C=O) groups excluding carboxylic acids is 3. The molecule has 13 heteroatoms. The van der Waals surface area contributed by atoms with Gasteiger partial charge in [0, 0.05) is 28.2 Å². The Bertz CT molecular complexity index is 1470. The number of hydrogen-bond donors (Lipinski definition) is 1. The lowest BCUT2D eigenvalue weighted by atomic mass is 10.1. The van der Waals surface area contributed by atoms with Crippen LogP contribution in [0.1, 0.15) is 47.8 Å². The second-order valence-corrected chi connectivity index (χ2v) is 9.09. The van der Waals surface area contributed by atoms with E-state index in [0.29, 0.717) is 24.2 Å². The summed E-state index contributed by atoms with van der Waals surface area (Å²) in [4.78, 5) is 32.6. The fourth-order valence-electron chi connectivity index (χ4n) is 3.25. The zero-order valence-corrected chi connectivity index (χ0v) is 24.5. The Morgan fingerprint density at radius 3 is 1.44 bits per heavy atom. The van der Waals surface area contributed by atoms with E-state index in [9.17, 15) is 14.4 Å². The number of H-pyrrole nitrogens is 1. The molecule has 0 saturated heterocycles. The molecule has 0 spiro atoms. The fraction of sp³-hybridized carbons (Fsp3) is 0.100. The monoisotopic (exact) mass is 641 g/mol. The summed E-state index contributed by atoms with van der Waals surface area (Å²) < 4.78 is 1.73. The Morgan fingerprint density at radius 2 is 1.07 bits per heavy atom. The van der Waals surface area contributed by atoms with Gasteiger partial charge in [-0.05, 0) is 16.7 Å². The lowest BCUT2D eigenvalue weighted by molar-refractivity contribution is 0.111. The number of aromatic nitrogens is 9. The Labute approximate surface area is 255 Å². The van der Waals surface area contributed by atoms with Crippen LogP contribution in [0.4, 0.5) is 0 Å². The maximum atomic E-state index is 10.4. The summed E-state index contributed by atoms with van der Waals surface area (Å²) in [5, 5.41) is 25.7. The van der Waals surface area contributed by atoms with Gasteiger partial charge in [0.05, 0.1) is 44.1 Å². The van der Waals surface area contributed by atoms with Gasteiger partial charge < -0.3 is 0 Å². The second-order valence-electron chi connectivity index (χ2n) is 8.53. The molecule has 0 aliphatic carbocycles. The van der Waals surface area contributed by atoms with Gasteiger partial charge in [0.25, 0.3) is 0 Å². The van der Waals surface area contributed by atoms with Gasteiger partial charge >= 0.3 is 0 Å². The minimum absolute atomic E-state index is 0.631. The predicted octanol–water partition coefficient (Wildman–Crippen LogP) is 4.48. The number of halogens is 1. The van der Waals surface area contributed by atoms with Crippen molar-refractivity contribution in [2.24, 2.45) is 0 Å². The van der Waals surface area contributed by atoms with E-state index in [1.807, 2.05) is 48.5 Å². The van der Waals surface area contributed by atoms with E-state index in [2.05, 4.69) is 51.9 Å². The highest BCUT2D eigenvalue weighted by Crippen LogP contribution is 2.06. The summed E-state index contributed by atoms with van der Waals surface area (Å²) in [5.41, 5.74) is 5.46. The van der Waals surface area contributed by atoms with Crippen molar-refractivity contribution < 1.29 is 14.4 Å². The summed E-state index contributed by atoms with van der Waals surface area (Å²) in [6.45, 7) is 1.31. The lowest BCUT2D eigenvalue weighted by Crippen LogP contribution is -2.03. The van der Waals surface area contributed by atoms with Crippen molar-refractivity contribution in [1.82, 2.24) is 45.4 Å².